The van der Waals surface area contributed by atoms with Crippen LogP contribution < -0.4 is 5.32 Å². The third-order valence-electron chi connectivity index (χ3n) is 3.62. The molecule has 6 nitrogen and oxygen atoms in total. The smallest absolute Gasteiger partial charge is 0.335 e. The van der Waals surface area contributed by atoms with Crippen molar-refractivity contribution in [3.8, 4) is 0 Å². The molecule has 7 heteroatoms. The average molecular weight is 313 g/mol. The molecule has 1 aromatic rings. The Bertz CT molecular complexity index is 542. The minimum Gasteiger partial charge on any atom is -0.478 e. The molecule has 0 aromatic heterocycles. The number of hydrogen-bond donors (Lipinski definition) is 3. The van der Waals surface area contributed by atoms with Gasteiger partial charge in [-0.15, -0.1) is 0 Å². The van der Waals surface area contributed by atoms with E-state index in [2.05, 4.69) is 5.32 Å². The van der Waals surface area contributed by atoms with Gasteiger partial charge >= 0.3 is 12.0 Å². The molecule has 1 heterocycles. The van der Waals surface area contributed by atoms with Crippen molar-refractivity contribution >= 4 is 29.3 Å². The molecule has 0 unspecified atom stereocenters. The number of hydrogen-bond acceptors (Lipinski definition) is 3. The zero-order chi connectivity index (χ0) is 15.4. The number of carboxylic acids is 1. The van der Waals surface area contributed by atoms with E-state index in [0.717, 1.165) is 12.8 Å². The Balaban J connectivity index is 1.98. The molecule has 1 aliphatic rings. The highest BCUT2D eigenvalue weighted by Gasteiger charge is 2.22. The van der Waals surface area contributed by atoms with Crippen molar-refractivity contribution < 1.29 is 19.8 Å². The van der Waals surface area contributed by atoms with Crippen LogP contribution in [0.3, 0.4) is 0 Å². The lowest BCUT2D eigenvalue weighted by atomic mass is 9.98. The molecule has 0 atom stereocenters. The van der Waals surface area contributed by atoms with Crippen LogP contribution in [-0.2, 0) is 0 Å². The number of halogens is 1. The van der Waals surface area contributed by atoms with E-state index < -0.39 is 5.97 Å². The number of benzene rings is 1. The molecule has 0 radical (unpaired) electrons. The summed E-state index contributed by atoms with van der Waals surface area (Å²) in [6.07, 6.45) is 1.55. The second-order valence-corrected chi connectivity index (χ2v) is 5.45. The Morgan fingerprint density at radius 2 is 2.00 bits per heavy atom. The summed E-state index contributed by atoms with van der Waals surface area (Å²) in [6.45, 7) is 1.32. The van der Waals surface area contributed by atoms with E-state index in [4.69, 9.17) is 21.8 Å². The van der Waals surface area contributed by atoms with Gasteiger partial charge in [0.05, 0.1) is 16.3 Å². The Morgan fingerprint density at radius 1 is 1.33 bits per heavy atom. The largest absolute Gasteiger partial charge is 0.478 e. The summed E-state index contributed by atoms with van der Waals surface area (Å²) in [5.41, 5.74) is 0.456. The van der Waals surface area contributed by atoms with E-state index in [0.29, 0.717) is 18.8 Å². The second kappa shape index (κ2) is 6.78. The molecule has 0 spiro atoms. The molecule has 0 aliphatic carbocycles. The van der Waals surface area contributed by atoms with Gasteiger partial charge in [0.25, 0.3) is 0 Å². The predicted octanol–water partition coefficient (Wildman–Crippen LogP) is 2.27. The minimum absolute atomic E-state index is 0.0711. The summed E-state index contributed by atoms with van der Waals surface area (Å²) in [6, 6.07) is 3.90. The van der Waals surface area contributed by atoms with Crippen LogP contribution in [0.25, 0.3) is 0 Å². The van der Waals surface area contributed by atoms with Gasteiger partial charge in [-0.3, -0.25) is 0 Å². The van der Waals surface area contributed by atoms with E-state index in [9.17, 15) is 9.59 Å². The fourth-order valence-electron chi connectivity index (χ4n) is 2.26. The standard InChI is InChI=1S/C14H17ClN2O4/c15-11-7-10(13(19)20)1-2-12(11)16-14(21)17-5-3-9(8-18)4-6-17/h1-2,7,9,18H,3-6,8H2,(H,16,21)(H,19,20). The number of aliphatic hydroxyl groups excluding tert-OH is 1. The number of amides is 2. The molecule has 2 amide bonds. The molecule has 114 valence electrons. The predicted molar refractivity (Wildman–Crippen MR) is 78.8 cm³/mol. The molecule has 1 aromatic carbocycles. The molecule has 0 bridgehead atoms. The maximum Gasteiger partial charge on any atom is 0.335 e. The lowest BCUT2D eigenvalue weighted by Gasteiger charge is -2.31. The number of piperidine rings is 1. The fraction of sp³-hybridized carbons (Fsp3) is 0.429. The number of rotatable bonds is 3. The Morgan fingerprint density at radius 3 is 2.52 bits per heavy atom. The number of likely N-dealkylation sites (tertiary alicyclic amines) is 1. The number of aliphatic hydroxyl groups is 1. The highest BCUT2D eigenvalue weighted by atomic mass is 35.5. The van der Waals surface area contributed by atoms with Crippen LogP contribution in [0, 0.1) is 5.92 Å². The van der Waals surface area contributed by atoms with Crippen LogP contribution in [0.4, 0.5) is 10.5 Å². The van der Waals surface area contributed by atoms with Crippen molar-refractivity contribution in [2.45, 2.75) is 12.8 Å². The molecular weight excluding hydrogens is 296 g/mol. The molecule has 3 N–H and O–H groups in total. The van der Waals surface area contributed by atoms with Crippen molar-refractivity contribution in [2.24, 2.45) is 5.92 Å². The van der Waals surface area contributed by atoms with Gasteiger partial charge in [0, 0.05) is 19.7 Å². The lowest BCUT2D eigenvalue weighted by molar-refractivity contribution is 0.0697. The summed E-state index contributed by atoms with van der Waals surface area (Å²) >= 11 is 5.97. The fourth-order valence-corrected chi connectivity index (χ4v) is 2.49. The zero-order valence-electron chi connectivity index (χ0n) is 11.4. The van der Waals surface area contributed by atoms with Crippen molar-refractivity contribution in [1.82, 2.24) is 4.90 Å². The first-order chi connectivity index (χ1) is 10.0. The number of carboxylic acid groups (broad SMARTS) is 1. The van der Waals surface area contributed by atoms with E-state index in [-0.39, 0.29) is 29.1 Å². The molecule has 1 saturated heterocycles. The lowest BCUT2D eigenvalue weighted by Crippen LogP contribution is -2.41. The van der Waals surface area contributed by atoms with Gasteiger partial charge in [-0.05, 0) is 37.0 Å². The van der Waals surface area contributed by atoms with Gasteiger partial charge < -0.3 is 20.4 Å². The van der Waals surface area contributed by atoms with Crippen LogP contribution in [-0.4, -0.2) is 46.8 Å². The first kappa shape index (κ1) is 15.6. The molecule has 21 heavy (non-hydrogen) atoms. The molecule has 2 rings (SSSR count). The Labute approximate surface area is 127 Å². The van der Waals surface area contributed by atoms with E-state index >= 15 is 0 Å². The van der Waals surface area contributed by atoms with Gasteiger partial charge in [-0.1, -0.05) is 11.6 Å². The highest BCUT2D eigenvalue weighted by Crippen LogP contribution is 2.24. The number of nitrogens with zero attached hydrogens (tertiary/aromatic N) is 1. The Hall–Kier alpha value is -1.79. The summed E-state index contributed by atoms with van der Waals surface area (Å²) in [5, 5.41) is 20.8. The maximum absolute atomic E-state index is 12.1. The quantitative estimate of drug-likeness (QED) is 0.798. The highest BCUT2D eigenvalue weighted by molar-refractivity contribution is 6.34. The van der Waals surface area contributed by atoms with Crippen molar-refractivity contribution in [3.05, 3.63) is 28.8 Å². The van der Waals surface area contributed by atoms with Crippen LogP contribution >= 0.6 is 11.6 Å². The number of aromatic carboxylic acids is 1. The number of carbonyl (C=O) groups excluding carboxylic acids is 1. The van der Waals surface area contributed by atoms with E-state index in [1.54, 1.807) is 4.90 Å². The summed E-state index contributed by atoms with van der Waals surface area (Å²) < 4.78 is 0. The number of nitrogens with one attached hydrogen (secondary N) is 1. The van der Waals surface area contributed by atoms with Crippen LogP contribution in [0.5, 0.6) is 0 Å². The first-order valence-corrected chi connectivity index (χ1v) is 7.08. The van der Waals surface area contributed by atoms with Crippen LogP contribution in [0.1, 0.15) is 23.2 Å². The second-order valence-electron chi connectivity index (χ2n) is 5.04. The van der Waals surface area contributed by atoms with Crippen molar-refractivity contribution in [3.63, 3.8) is 0 Å². The molecule has 1 aliphatic heterocycles. The van der Waals surface area contributed by atoms with Crippen molar-refractivity contribution in [2.75, 3.05) is 25.0 Å². The topological polar surface area (TPSA) is 89.9 Å². The zero-order valence-corrected chi connectivity index (χ0v) is 12.1. The number of anilines is 1. The van der Waals surface area contributed by atoms with Gasteiger partial charge in [-0.2, -0.15) is 0 Å². The van der Waals surface area contributed by atoms with E-state index in [1.165, 1.54) is 18.2 Å². The third-order valence-corrected chi connectivity index (χ3v) is 3.93. The number of urea groups is 1. The monoisotopic (exact) mass is 312 g/mol. The average Bonchev–Trinajstić information content (AvgIpc) is 2.49. The van der Waals surface area contributed by atoms with Crippen LogP contribution in [0.2, 0.25) is 5.02 Å². The summed E-state index contributed by atoms with van der Waals surface area (Å²) in [4.78, 5) is 24.6. The van der Waals surface area contributed by atoms with Gasteiger partial charge in [-0.25, -0.2) is 9.59 Å². The van der Waals surface area contributed by atoms with Crippen LogP contribution in [0.15, 0.2) is 18.2 Å². The normalized spacial score (nSPS) is 15.8. The van der Waals surface area contributed by atoms with Gasteiger partial charge in [0.1, 0.15) is 0 Å². The van der Waals surface area contributed by atoms with E-state index in [1.807, 2.05) is 0 Å². The van der Waals surface area contributed by atoms with Crippen molar-refractivity contribution in [1.29, 1.82) is 0 Å². The SMILES string of the molecule is O=C(O)c1ccc(NC(=O)N2CCC(CO)CC2)c(Cl)c1. The number of carbonyl (C=O) groups is 2. The van der Waals surface area contributed by atoms with Gasteiger partial charge in [0.15, 0.2) is 0 Å². The maximum atomic E-state index is 12.1. The molecular formula is C14H17ClN2O4. The molecule has 1 fully saturated rings. The minimum atomic E-state index is -1.07. The first-order valence-electron chi connectivity index (χ1n) is 6.71. The summed E-state index contributed by atoms with van der Waals surface area (Å²) in [7, 11) is 0. The summed E-state index contributed by atoms with van der Waals surface area (Å²) in [5.74, 6) is -0.812. The molecule has 0 saturated carbocycles. The third kappa shape index (κ3) is 3.86. The Kier molecular flexibility index (Phi) is 5.03. The van der Waals surface area contributed by atoms with Gasteiger partial charge in [0.2, 0.25) is 0 Å².